The summed E-state index contributed by atoms with van der Waals surface area (Å²) in [4.78, 5) is 12.0. The summed E-state index contributed by atoms with van der Waals surface area (Å²) in [5.41, 5.74) is 2.73. The van der Waals surface area contributed by atoms with Crippen LogP contribution in [0.15, 0.2) is 35.6 Å². The molecule has 0 aromatic carbocycles. The molecule has 3 heterocycles. The Kier molecular flexibility index (Phi) is 4.17. The lowest BCUT2D eigenvalue weighted by Gasteiger charge is -2.38. The molecule has 2 aliphatic rings. The van der Waals surface area contributed by atoms with Crippen molar-refractivity contribution in [2.24, 2.45) is 10.4 Å². The van der Waals surface area contributed by atoms with Gasteiger partial charge in [-0.25, -0.2) is 4.98 Å². The van der Waals surface area contributed by atoms with Crippen LogP contribution >= 0.6 is 0 Å². The van der Waals surface area contributed by atoms with E-state index in [9.17, 15) is 0 Å². The number of likely N-dealkylation sites (tertiary alicyclic amines) is 1. The number of rotatable bonds is 4. The van der Waals surface area contributed by atoms with Crippen LogP contribution in [0.5, 0.6) is 0 Å². The van der Waals surface area contributed by atoms with Crippen molar-refractivity contribution in [2.45, 2.75) is 39.0 Å². The van der Waals surface area contributed by atoms with Crippen molar-refractivity contribution >= 4 is 11.6 Å². The van der Waals surface area contributed by atoms with Crippen molar-refractivity contribution in [3.05, 3.63) is 36.3 Å². The second-order valence-corrected chi connectivity index (χ2v) is 7.21. The molecule has 1 spiro atoms. The van der Waals surface area contributed by atoms with Gasteiger partial charge in [-0.05, 0) is 43.7 Å². The van der Waals surface area contributed by atoms with E-state index in [1.54, 1.807) is 0 Å². The van der Waals surface area contributed by atoms with Crippen molar-refractivity contribution in [1.29, 1.82) is 0 Å². The van der Waals surface area contributed by atoms with Crippen LogP contribution in [0, 0.1) is 5.41 Å². The number of fused-ring (bicyclic) bond motifs is 1. The molecule has 1 aliphatic carbocycles. The van der Waals surface area contributed by atoms with Gasteiger partial charge in [0.25, 0.3) is 0 Å². The van der Waals surface area contributed by atoms with Gasteiger partial charge < -0.3 is 14.6 Å². The van der Waals surface area contributed by atoms with Gasteiger partial charge in [0, 0.05) is 45.0 Å². The fourth-order valence-electron chi connectivity index (χ4n) is 4.01. The quantitative estimate of drug-likeness (QED) is 0.694. The maximum absolute atomic E-state index is 4.87. The van der Waals surface area contributed by atoms with Crippen LogP contribution < -0.4 is 5.32 Å². The number of nitrogens with one attached hydrogen (secondary N) is 1. The Morgan fingerprint density at radius 3 is 2.96 bits per heavy atom. The summed E-state index contributed by atoms with van der Waals surface area (Å²) in [5.74, 6) is 1.09. The molecule has 1 saturated heterocycles. The number of aliphatic imine (C=N–C) groups is 1. The van der Waals surface area contributed by atoms with E-state index >= 15 is 0 Å². The van der Waals surface area contributed by atoms with Gasteiger partial charge in [-0.3, -0.25) is 4.99 Å². The highest BCUT2D eigenvalue weighted by Gasteiger charge is 2.43. The summed E-state index contributed by atoms with van der Waals surface area (Å²) in [5, 5.41) is 3.47. The normalized spacial score (nSPS) is 19.9. The molecular weight excluding hydrogens is 298 g/mol. The van der Waals surface area contributed by atoms with Crippen LogP contribution in [0.1, 0.15) is 38.3 Å². The van der Waals surface area contributed by atoms with Crippen molar-refractivity contribution in [3.8, 4) is 0 Å². The van der Waals surface area contributed by atoms with Gasteiger partial charge in [-0.1, -0.05) is 12.5 Å². The lowest BCUT2D eigenvalue weighted by atomic mass is 9.68. The minimum absolute atomic E-state index is 0.609. The number of pyridine rings is 1. The Labute approximate surface area is 143 Å². The Morgan fingerprint density at radius 1 is 1.33 bits per heavy atom. The monoisotopic (exact) mass is 325 g/mol. The van der Waals surface area contributed by atoms with E-state index in [-0.39, 0.29) is 0 Å². The van der Waals surface area contributed by atoms with Crippen LogP contribution in [0.2, 0.25) is 0 Å². The van der Waals surface area contributed by atoms with Crippen LogP contribution in [0.3, 0.4) is 0 Å². The smallest absolute Gasteiger partial charge is 0.193 e. The summed E-state index contributed by atoms with van der Waals surface area (Å²) in [7, 11) is 0. The highest BCUT2D eigenvalue weighted by atomic mass is 15.3. The first kappa shape index (κ1) is 15.5. The number of hydrogen-bond acceptors (Lipinski definition) is 2. The second-order valence-electron chi connectivity index (χ2n) is 7.21. The van der Waals surface area contributed by atoms with Gasteiger partial charge in [-0.2, -0.15) is 0 Å². The molecule has 2 fully saturated rings. The third-order valence-corrected chi connectivity index (χ3v) is 5.53. The SMILES string of the molecule is CCNC(=NCCc1cn2ccccc2n1)N1CCC2(CCC2)C1. The van der Waals surface area contributed by atoms with Gasteiger partial charge in [0.1, 0.15) is 5.65 Å². The van der Waals surface area contributed by atoms with E-state index in [1.807, 2.05) is 24.4 Å². The molecule has 24 heavy (non-hydrogen) atoms. The molecule has 0 amide bonds. The van der Waals surface area contributed by atoms with Crippen LogP contribution in [-0.2, 0) is 6.42 Å². The number of nitrogens with zero attached hydrogens (tertiary/aromatic N) is 4. The second kappa shape index (κ2) is 6.46. The fourth-order valence-corrected chi connectivity index (χ4v) is 4.01. The first-order valence-corrected chi connectivity index (χ1v) is 9.24. The lowest BCUT2D eigenvalue weighted by Crippen LogP contribution is -2.42. The minimum Gasteiger partial charge on any atom is -0.357 e. The highest BCUT2D eigenvalue weighted by molar-refractivity contribution is 5.80. The van der Waals surface area contributed by atoms with Crippen LogP contribution in [-0.4, -0.2) is 46.4 Å². The van der Waals surface area contributed by atoms with Crippen molar-refractivity contribution < 1.29 is 0 Å². The molecular formula is C19H27N5. The third kappa shape index (κ3) is 2.99. The number of imidazole rings is 1. The Balaban J connectivity index is 1.40. The first-order chi connectivity index (χ1) is 11.8. The van der Waals surface area contributed by atoms with E-state index in [0.717, 1.165) is 43.4 Å². The fraction of sp³-hybridized carbons (Fsp3) is 0.579. The topological polar surface area (TPSA) is 44.9 Å². The zero-order chi connectivity index (χ0) is 16.4. The van der Waals surface area contributed by atoms with E-state index in [2.05, 4.69) is 32.7 Å². The average Bonchev–Trinajstić information content (AvgIpc) is 3.18. The molecule has 2 aromatic heterocycles. The molecule has 0 atom stereocenters. The van der Waals surface area contributed by atoms with E-state index in [4.69, 9.17) is 4.99 Å². The predicted octanol–water partition coefficient (Wildman–Crippen LogP) is 2.72. The maximum Gasteiger partial charge on any atom is 0.193 e. The van der Waals surface area contributed by atoms with Gasteiger partial charge in [-0.15, -0.1) is 0 Å². The average molecular weight is 325 g/mol. The zero-order valence-electron chi connectivity index (χ0n) is 14.5. The van der Waals surface area contributed by atoms with Gasteiger partial charge in [0.05, 0.1) is 5.69 Å². The Hall–Kier alpha value is -2.04. The molecule has 5 nitrogen and oxygen atoms in total. The number of aromatic nitrogens is 2. The van der Waals surface area contributed by atoms with Crippen molar-refractivity contribution in [1.82, 2.24) is 19.6 Å². The predicted molar refractivity (Wildman–Crippen MR) is 97.3 cm³/mol. The van der Waals surface area contributed by atoms with Gasteiger partial charge in [0.15, 0.2) is 5.96 Å². The lowest BCUT2D eigenvalue weighted by molar-refractivity contribution is 0.151. The molecule has 5 heteroatoms. The van der Waals surface area contributed by atoms with Crippen LogP contribution in [0.25, 0.3) is 5.65 Å². The summed E-state index contributed by atoms with van der Waals surface area (Å²) >= 11 is 0. The van der Waals surface area contributed by atoms with E-state index in [0.29, 0.717) is 5.41 Å². The summed E-state index contributed by atoms with van der Waals surface area (Å²) < 4.78 is 2.07. The highest BCUT2D eigenvalue weighted by Crippen LogP contribution is 2.47. The minimum atomic E-state index is 0.609. The summed E-state index contributed by atoms with van der Waals surface area (Å²) in [6, 6.07) is 6.10. The molecule has 0 radical (unpaired) electrons. The maximum atomic E-state index is 4.87. The molecule has 128 valence electrons. The number of hydrogen-bond donors (Lipinski definition) is 1. The molecule has 1 N–H and O–H groups in total. The molecule has 1 saturated carbocycles. The number of guanidine groups is 1. The molecule has 0 unspecified atom stereocenters. The van der Waals surface area contributed by atoms with Crippen LogP contribution in [0.4, 0.5) is 0 Å². The van der Waals surface area contributed by atoms with Gasteiger partial charge in [0.2, 0.25) is 0 Å². The Bertz CT molecular complexity index is 695. The van der Waals surface area contributed by atoms with Crippen molar-refractivity contribution in [3.63, 3.8) is 0 Å². The molecule has 2 aromatic rings. The van der Waals surface area contributed by atoms with E-state index < -0.39 is 0 Å². The zero-order valence-corrected chi connectivity index (χ0v) is 14.5. The largest absolute Gasteiger partial charge is 0.357 e. The molecule has 0 bridgehead atoms. The molecule has 1 aliphatic heterocycles. The molecule has 4 rings (SSSR count). The third-order valence-electron chi connectivity index (χ3n) is 5.53. The Morgan fingerprint density at radius 2 is 2.25 bits per heavy atom. The standard InChI is InChI=1S/C19H27N5/c1-2-20-18(24-13-10-19(15-24)8-5-9-19)21-11-7-16-14-23-12-4-3-6-17(23)22-16/h3-4,6,12,14H,2,5,7-11,13,15H2,1H3,(H,20,21). The van der Waals surface area contributed by atoms with Gasteiger partial charge >= 0.3 is 0 Å². The van der Waals surface area contributed by atoms with E-state index in [1.165, 1.54) is 32.2 Å². The summed E-state index contributed by atoms with van der Waals surface area (Å²) in [6.45, 7) is 6.20. The van der Waals surface area contributed by atoms with Crippen molar-refractivity contribution in [2.75, 3.05) is 26.2 Å². The first-order valence-electron chi connectivity index (χ1n) is 9.24. The summed E-state index contributed by atoms with van der Waals surface area (Å²) in [6.07, 6.45) is 10.6.